The van der Waals surface area contributed by atoms with E-state index in [-0.39, 0.29) is 5.91 Å². The number of nitrogens with one attached hydrogen (secondary N) is 3. The zero-order valence-electron chi connectivity index (χ0n) is 16.0. The standard InChI is InChI=1S/C22H25N3O2S/c1-27-20-19(17-8-12-24-13-9-17)14-28-21(20)22(26)25-18-4-2-15(3-5-18)16-6-10-23-11-7-16/h2-6,8,14,23-24H,7,9-13H2,1H3,(H,25,26). The average Bonchev–Trinajstić information content (AvgIpc) is 3.20. The van der Waals surface area contributed by atoms with Crippen LogP contribution in [0.25, 0.3) is 11.1 Å². The molecule has 0 saturated carbocycles. The Balaban J connectivity index is 1.50. The van der Waals surface area contributed by atoms with Gasteiger partial charge in [-0.1, -0.05) is 24.3 Å². The van der Waals surface area contributed by atoms with Gasteiger partial charge in [-0.15, -0.1) is 11.3 Å². The lowest BCUT2D eigenvalue weighted by atomic mass is 10.00. The molecule has 0 bridgehead atoms. The molecule has 5 nitrogen and oxygen atoms in total. The molecule has 2 aromatic rings. The number of hydrogen-bond acceptors (Lipinski definition) is 5. The van der Waals surface area contributed by atoms with Crippen LogP contribution in [-0.4, -0.2) is 39.2 Å². The van der Waals surface area contributed by atoms with Crippen LogP contribution in [0.5, 0.6) is 5.75 Å². The van der Waals surface area contributed by atoms with E-state index >= 15 is 0 Å². The highest BCUT2D eigenvalue weighted by atomic mass is 32.1. The van der Waals surface area contributed by atoms with Gasteiger partial charge in [-0.2, -0.15) is 0 Å². The van der Waals surface area contributed by atoms with E-state index in [9.17, 15) is 4.79 Å². The summed E-state index contributed by atoms with van der Waals surface area (Å²) >= 11 is 1.43. The maximum Gasteiger partial charge on any atom is 0.269 e. The molecule has 2 aliphatic rings. The van der Waals surface area contributed by atoms with Gasteiger partial charge in [0.2, 0.25) is 0 Å². The van der Waals surface area contributed by atoms with Gasteiger partial charge in [0.15, 0.2) is 0 Å². The molecule has 0 spiro atoms. The minimum absolute atomic E-state index is 0.128. The van der Waals surface area contributed by atoms with E-state index in [1.807, 2.05) is 17.5 Å². The summed E-state index contributed by atoms with van der Waals surface area (Å²) in [5.41, 5.74) is 5.64. The van der Waals surface area contributed by atoms with E-state index in [0.29, 0.717) is 10.6 Å². The Morgan fingerprint density at radius 2 is 1.71 bits per heavy atom. The van der Waals surface area contributed by atoms with Gasteiger partial charge in [0.05, 0.1) is 7.11 Å². The second kappa shape index (κ2) is 8.73. The lowest BCUT2D eigenvalue weighted by Crippen LogP contribution is -2.20. The van der Waals surface area contributed by atoms with Crippen molar-refractivity contribution in [2.45, 2.75) is 12.8 Å². The minimum atomic E-state index is -0.128. The van der Waals surface area contributed by atoms with Crippen molar-refractivity contribution < 1.29 is 9.53 Å². The van der Waals surface area contributed by atoms with Gasteiger partial charge in [0.1, 0.15) is 10.6 Å². The Hall–Kier alpha value is -2.41. The van der Waals surface area contributed by atoms with Crippen molar-refractivity contribution in [2.24, 2.45) is 0 Å². The average molecular weight is 396 g/mol. The zero-order chi connectivity index (χ0) is 19.3. The number of hydrogen-bond donors (Lipinski definition) is 3. The first-order chi connectivity index (χ1) is 13.8. The lowest BCUT2D eigenvalue weighted by molar-refractivity contribution is 0.102. The second-order valence-electron chi connectivity index (χ2n) is 6.91. The zero-order valence-corrected chi connectivity index (χ0v) is 16.8. The summed E-state index contributed by atoms with van der Waals surface area (Å²) in [4.78, 5) is 13.5. The molecule has 0 radical (unpaired) electrons. The number of carbonyl (C=O) groups excluding carboxylic acids is 1. The Labute approximate surface area is 169 Å². The van der Waals surface area contributed by atoms with E-state index in [4.69, 9.17) is 4.74 Å². The summed E-state index contributed by atoms with van der Waals surface area (Å²) in [6, 6.07) is 8.08. The topological polar surface area (TPSA) is 62.4 Å². The number of anilines is 1. The fourth-order valence-electron chi connectivity index (χ4n) is 3.64. The van der Waals surface area contributed by atoms with Crippen LogP contribution in [0.1, 0.15) is 33.6 Å². The number of methoxy groups -OCH3 is 1. The molecular formula is C22H25N3O2S. The molecule has 1 amide bonds. The lowest BCUT2D eigenvalue weighted by Gasteiger charge is -2.15. The molecule has 3 N–H and O–H groups in total. The molecule has 28 heavy (non-hydrogen) atoms. The monoisotopic (exact) mass is 395 g/mol. The highest BCUT2D eigenvalue weighted by Gasteiger charge is 2.22. The summed E-state index contributed by atoms with van der Waals surface area (Å²) in [6.45, 7) is 3.73. The molecular weight excluding hydrogens is 370 g/mol. The second-order valence-corrected chi connectivity index (χ2v) is 7.79. The molecule has 0 fully saturated rings. The fourth-order valence-corrected chi connectivity index (χ4v) is 4.59. The molecule has 0 atom stereocenters. The Kier molecular flexibility index (Phi) is 5.90. The highest BCUT2D eigenvalue weighted by molar-refractivity contribution is 7.12. The number of carbonyl (C=O) groups is 1. The maximum atomic E-state index is 12.8. The normalized spacial score (nSPS) is 16.9. The van der Waals surface area contributed by atoms with Crippen molar-refractivity contribution >= 4 is 34.1 Å². The van der Waals surface area contributed by atoms with Crippen LogP contribution in [0.4, 0.5) is 5.69 Å². The van der Waals surface area contributed by atoms with Crippen molar-refractivity contribution in [1.29, 1.82) is 0 Å². The Bertz CT molecular complexity index is 912. The van der Waals surface area contributed by atoms with Gasteiger partial charge in [-0.3, -0.25) is 4.79 Å². The SMILES string of the molecule is COc1c(C2=CCNCC2)csc1C(=O)Nc1ccc(C2=CCNCC2)cc1. The summed E-state index contributed by atoms with van der Waals surface area (Å²) in [5, 5.41) is 11.7. The molecule has 6 heteroatoms. The van der Waals surface area contributed by atoms with E-state index in [1.54, 1.807) is 7.11 Å². The first-order valence-corrected chi connectivity index (χ1v) is 10.5. The third-order valence-electron chi connectivity index (χ3n) is 5.14. The van der Waals surface area contributed by atoms with Gasteiger partial charge in [0, 0.05) is 29.7 Å². The predicted octanol–water partition coefficient (Wildman–Crippen LogP) is 3.76. The number of rotatable bonds is 5. The molecule has 4 rings (SSSR count). The fraction of sp³-hybridized carbons (Fsp3) is 0.318. The van der Waals surface area contributed by atoms with Crippen molar-refractivity contribution in [3.63, 3.8) is 0 Å². The number of ether oxygens (including phenoxy) is 1. The first kappa shape index (κ1) is 18.9. The van der Waals surface area contributed by atoms with E-state index in [1.165, 1.54) is 28.0 Å². The summed E-state index contributed by atoms with van der Waals surface area (Å²) in [5.74, 6) is 0.545. The predicted molar refractivity (Wildman–Crippen MR) is 116 cm³/mol. The third kappa shape index (κ3) is 4.04. The molecule has 1 aromatic heterocycles. The van der Waals surface area contributed by atoms with Crippen LogP contribution in [0.15, 0.2) is 41.8 Å². The van der Waals surface area contributed by atoms with E-state index < -0.39 is 0 Å². The number of amides is 1. The largest absolute Gasteiger partial charge is 0.494 e. The van der Waals surface area contributed by atoms with Gasteiger partial charge in [-0.05, 0) is 54.8 Å². The molecule has 2 aliphatic heterocycles. The van der Waals surface area contributed by atoms with Crippen LogP contribution in [0.2, 0.25) is 0 Å². The number of benzene rings is 1. The van der Waals surface area contributed by atoms with E-state index in [0.717, 1.165) is 50.3 Å². The number of thiophene rings is 1. The van der Waals surface area contributed by atoms with E-state index in [2.05, 4.69) is 40.2 Å². The van der Waals surface area contributed by atoms with Crippen LogP contribution < -0.4 is 20.7 Å². The van der Waals surface area contributed by atoms with Crippen LogP contribution in [-0.2, 0) is 0 Å². The molecule has 0 saturated heterocycles. The van der Waals surface area contributed by atoms with Crippen LogP contribution in [0.3, 0.4) is 0 Å². The first-order valence-electron chi connectivity index (χ1n) is 9.63. The van der Waals surface area contributed by atoms with Crippen molar-refractivity contribution in [2.75, 3.05) is 38.6 Å². The maximum absolute atomic E-state index is 12.8. The smallest absolute Gasteiger partial charge is 0.269 e. The molecule has 0 unspecified atom stereocenters. The molecule has 0 aliphatic carbocycles. The van der Waals surface area contributed by atoms with Gasteiger partial charge in [-0.25, -0.2) is 0 Å². The summed E-state index contributed by atoms with van der Waals surface area (Å²) in [7, 11) is 1.63. The van der Waals surface area contributed by atoms with Crippen molar-refractivity contribution in [1.82, 2.24) is 10.6 Å². The molecule has 1 aromatic carbocycles. The van der Waals surface area contributed by atoms with Crippen molar-refractivity contribution in [3.05, 3.63) is 57.8 Å². The summed E-state index contributed by atoms with van der Waals surface area (Å²) < 4.78 is 5.60. The van der Waals surface area contributed by atoms with Crippen molar-refractivity contribution in [3.8, 4) is 5.75 Å². The minimum Gasteiger partial charge on any atom is -0.494 e. The summed E-state index contributed by atoms with van der Waals surface area (Å²) in [6.07, 6.45) is 6.38. The van der Waals surface area contributed by atoms with Gasteiger partial charge >= 0.3 is 0 Å². The Morgan fingerprint density at radius 3 is 2.32 bits per heavy atom. The molecule has 3 heterocycles. The third-order valence-corrected chi connectivity index (χ3v) is 6.10. The van der Waals surface area contributed by atoms with Gasteiger partial charge in [0.25, 0.3) is 5.91 Å². The van der Waals surface area contributed by atoms with Crippen LogP contribution >= 0.6 is 11.3 Å². The quantitative estimate of drug-likeness (QED) is 0.721. The van der Waals surface area contributed by atoms with Gasteiger partial charge < -0.3 is 20.7 Å². The van der Waals surface area contributed by atoms with Crippen LogP contribution in [0, 0.1) is 0 Å². The highest BCUT2D eigenvalue weighted by Crippen LogP contribution is 2.37. The molecule has 146 valence electrons. The Morgan fingerprint density at radius 1 is 1.04 bits per heavy atom.